The Morgan fingerprint density at radius 2 is 2.05 bits per heavy atom. The van der Waals surface area contributed by atoms with Crippen LogP contribution in [-0.4, -0.2) is 27.2 Å². The van der Waals surface area contributed by atoms with Crippen LogP contribution < -0.4 is 0 Å². The third kappa shape index (κ3) is 4.95. The van der Waals surface area contributed by atoms with Gasteiger partial charge in [0.05, 0.1) is 24.5 Å². The Hall–Kier alpha value is -0.880. The van der Waals surface area contributed by atoms with E-state index in [-0.39, 0.29) is 11.5 Å². The minimum absolute atomic E-state index is 0.0698. The molecule has 0 radical (unpaired) electrons. The molecule has 0 spiro atoms. The van der Waals surface area contributed by atoms with Crippen molar-refractivity contribution >= 4 is 31.7 Å². The lowest BCUT2D eigenvalue weighted by molar-refractivity contribution is -0.144. The molecule has 0 aliphatic carbocycles. The Morgan fingerprint density at radius 1 is 1.42 bits per heavy atom. The van der Waals surface area contributed by atoms with E-state index in [1.54, 1.807) is 13.0 Å². The van der Waals surface area contributed by atoms with Crippen molar-refractivity contribution in [3.05, 3.63) is 33.8 Å². The van der Waals surface area contributed by atoms with Crippen LogP contribution in [0.4, 0.5) is 0 Å². The van der Waals surface area contributed by atoms with Gasteiger partial charge < -0.3 is 4.74 Å². The van der Waals surface area contributed by atoms with Crippen LogP contribution in [0, 0.1) is 12.8 Å². The molecule has 19 heavy (non-hydrogen) atoms. The SMILES string of the molecule is COC(=O)C(C)CS(=O)(=O)Cc1cc(Br)ccc1C. The van der Waals surface area contributed by atoms with Crippen molar-refractivity contribution in [2.75, 3.05) is 12.9 Å². The Bertz CT molecular complexity index is 566. The standard InChI is InChI=1S/C13H17BrO4S/c1-9-4-5-12(14)6-11(9)8-19(16,17)7-10(2)13(15)18-3/h4-6,10H,7-8H2,1-3H3. The lowest BCUT2D eigenvalue weighted by Gasteiger charge is -2.11. The first-order valence-corrected chi connectivity index (χ1v) is 8.40. The van der Waals surface area contributed by atoms with Gasteiger partial charge in [0.1, 0.15) is 0 Å². The largest absolute Gasteiger partial charge is 0.469 e. The summed E-state index contributed by atoms with van der Waals surface area (Å²) in [5.74, 6) is -1.43. The molecule has 0 aromatic heterocycles. The second kappa shape index (κ2) is 6.52. The Morgan fingerprint density at radius 3 is 2.63 bits per heavy atom. The van der Waals surface area contributed by atoms with Crippen LogP contribution in [0.2, 0.25) is 0 Å². The first-order chi connectivity index (χ1) is 8.75. The van der Waals surface area contributed by atoms with Gasteiger partial charge in [0, 0.05) is 4.47 Å². The smallest absolute Gasteiger partial charge is 0.309 e. The molecule has 0 amide bonds. The number of methoxy groups -OCH3 is 1. The summed E-state index contributed by atoms with van der Waals surface area (Å²) in [6.45, 7) is 3.41. The van der Waals surface area contributed by atoms with Crippen molar-refractivity contribution < 1.29 is 17.9 Å². The van der Waals surface area contributed by atoms with Crippen LogP contribution in [0.15, 0.2) is 22.7 Å². The van der Waals surface area contributed by atoms with Crippen molar-refractivity contribution in [3.8, 4) is 0 Å². The van der Waals surface area contributed by atoms with Crippen molar-refractivity contribution in [2.45, 2.75) is 19.6 Å². The van der Waals surface area contributed by atoms with Gasteiger partial charge in [0.15, 0.2) is 9.84 Å². The van der Waals surface area contributed by atoms with E-state index in [2.05, 4.69) is 20.7 Å². The number of hydrogen-bond donors (Lipinski definition) is 0. The zero-order valence-electron chi connectivity index (χ0n) is 11.1. The maximum atomic E-state index is 12.1. The maximum Gasteiger partial charge on any atom is 0.309 e. The van der Waals surface area contributed by atoms with Gasteiger partial charge in [-0.2, -0.15) is 0 Å². The summed E-state index contributed by atoms with van der Waals surface area (Å²) in [5, 5.41) is 0. The minimum atomic E-state index is -3.35. The molecule has 1 atom stereocenters. The maximum absolute atomic E-state index is 12.1. The molecule has 6 heteroatoms. The predicted molar refractivity (Wildman–Crippen MR) is 77.5 cm³/mol. The van der Waals surface area contributed by atoms with Crippen molar-refractivity contribution in [1.29, 1.82) is 0 Å². The second-order valence-electron chi connectivity index (χ2n) is 4.55. The van der Waals surface area contributed by atoms with Gasteiger partial charge in [-0.1, -0.05) is 28.9 Å². The number of sulfone groups is 1. The number of carbonyl (C=O) groups is 1. The van der Waals surface area contributed by atoms with Crippen molar-refractivity contribution in [3.63, 3.8) is 0 Å². The number of aryl methyl sites for hydroxylation is 1. The fraction of sp³-hybridized carbons (Fsp3) is 0.462. The fourth-order valence-electron chi connectivity index (χ4n) is 1.74. The molecule has 0 saturated carbocycles. The average Bonchev–Trinajstić information content (AvgIpc) is 2.31. The highest BCUT2D eigenvalue weighted by Gasteiger charge is 2.23. The highest BCUT2D eigenvalue weighted by molar-refractivity contribution is 9.10. The monoisotopic (exact) mass is 348 g/mol. The molecule has 0 N–H and O–H groups in total. The molecule has 1 unspecified atom stereocenters. The lowest BCUT2D eigenvalue weighted by Crippen LogP contribution is -2.23. The summed E-state index contributed by atoms with van der Waals surface area (Å²) in [4.78, 5) is 11.3. The Balaban J connectivity index is 2.85. The number of esters is 1. The highest BCUT2D eigenvalue weighted by Crippen LogP contribution is 2.19. The first kappa shape index (κ1) is 16.2. The first-order valence-electron chi connectivity index (χ1n) is 5.78. The van der Waals surface area contributed by atoms with Gasteiger partial charge in [0.2, 0.25) is 0 Å². The van der Waals surface area contributed by atoms with E-state index in [4.69, 9.17) is 0 Å². The van der Waals surface area contributed by atoms with Gasteiger partial charge in [0.25, 0.3) is 0 Å². The molecule has 1 aromatic carbocycles. The fourth-order valence-corrected chi connectivity index (χ4v) is 3.95. The van der Waals surface area contributed by atoms with E-state index in [1.165, 1.54) is 7.11 Å². The summed E-state index contributed by atoms with van der Waals surface area (Å²) < 4.78 is 29.5. The van der Waals surface area contributed by atoms with E-state index < -0.39 is 21.7 Å². The van der Waals surface area contributed by atoms with Crippen LogP contribution >= 0.6 is 15.9 Å². The number of rotatable bonds is 5. The minimum Gasteiger partial charge on any atom is -0.469 e. The molecule has 106 valence electrons. The molecule has 1 aromatic rings. The van der Waals surface area contributed by atoms with E-state index >= 15 is 0 Å². The molecule has 0 saturated heterocycles. The molecule has 4 nitrogen and oxygen atoms in total. The normalized spacial score (nSPS) is 13.1. The van der Waals surface area contributed by atoms with E-state index in [0.717, 1.165) is 15.6 Å². The third-order valence-electron chi connectivity index (χ3n) is 2.79. The summed E-state index contributed by atoms with van der Waals surface area (Å²) in [6, 6.07) is 5.51. The van der Waals surface area contributed by atoms with Gasteiger partial charge in [-0.15, -0.1) is 0 Å². The summed E-state index contributed by atoms with van der Waals surface area (Å²) in [5.41, 5.74) is 1.66. The van der Waals surface area contributed by atoms with Crippen molar-refractivity contribution in [1.82, 2.24) is 0 Å². The molecule has 1 rings (SSSR count). The van der Waals surface area contributed by atoms with Crippen LogP contribution in [0.1, 0.15) is 18.1 Å². The number of benzene rings is 1. The summed E-state index contributed by atoms with van der Waals surface area (Å²) in [7, 11) is -2.10. The summed E-state index contributed by atoms with van der Waals surface area (Å²) >= 11 is 3.32. The molecule has 0 aliphatic heterocycles. The predicted octanol–water partition coefficient (Wildman–Crippen LogP) is 2.48. The highest BCUT2D eigenvalue weighted by atomic mass is 79.9. The quantitative estimate of drug-likeness (QED) is 0.767. The number of hydrogen-bond acceptors (Lipinski definition) is 4. The van der Waals surface area contributed by atoms with E-state index in [1.807, 2.05) is 19.1 Å². The number of halogens is 1. The van der Waals surface area contributed by atoms with E-state index in [9.17, 15) is 13.2 Å². The van der Waals surface area contributed by atoms with Crippen LogP contribution in [0.5, 0.6) is 0 Å². The molecule has 0 aliphatic rings. The van der Waals surface area contributed by atoms with Gasteiger partial charge in [-0.25, -0.2) is 8.42 Å². The van der Waals surface area contributed by atoms with Gasteiger partial charge in [-0.05, 0) is 30.2 Å². The Labute approximate surface area is 122 Å². The van der Waals surface area contributed by atoms with Gasteiger partial charge in [-0.3, -0.25) is 4.79 Å². The average molecular weight is 349 g/mol. The van der Waals surface area contributed by atoms with Crippen LogP contribution in [0.25, 0.3) is 0 Å². The number of ether oxygens (including phenoxy) is 1. The zero-order valence-corrected chi connectivity index (χ0v) is 13.5. The summed E-state index contributed by atoms with van der Waals surface area (Å²) in [6.07, 6.45) is 0. The van der Waals surface area contributed by atoms with Crippen LogP contribution in [-0.2, 0) is 25.1 Å². The van der Waals surface area contributed by atoms with E-state index in [0.29, 0.717) is 0 Å². The third-order valence-corrected chi connectivity index (χ3v) is 5.05. The molecule has 0 fully saturated rings. The van der Waals surface area contributed by atoms with Crippen molar-refractivity contribution in [2.24, 2.45) is 5.92 Å². The zero-order chi connectivity index (χ0) is 14.6. The molecular formula is C13H17BrO4S. The number of carbonyl (C=O) groups excluding carboxylic acids is 1. The topological polar surface area (TPSA) is 60.4 Å². The van der Waals surface area contributed by atoms with Crippen LogP contribution in [0.3, 0.4) is 0 Å². The lowest BCUT2D eigenvalue weighted by atomic mass is 10.1. The Kier molecular flexibility index (Phi) is 5.55. The van der Waals surface area contributed by atoms with Gasteiger partial charge >= 0.3 is 5.97 Å². The molecule has 0 bridgehead atoms. The second-order valence-corrected chi connectivity index (χ2v) is 7.57. The molecule has 0 heterocycles. The molecular weight excluding hydrogens is 332 g/mol.